The lowest BCUT2D eigenvalue weighted by atomic mass is 9.97. The lowest BCUT2D eigenvalue weighted by molar-refractivity contribution is -0.136. The molecule has 1 aliphatic rings. The monoisotopic (exact) mass is 577 g/mol. The highest BCUT2D eigenvalue weighted by Crippen LogP contribution is 2.39. The van der Waals surface area contributed by atoms with E-state index in [1.807, 2.05) is 18.7 Å². The van der Waals surface area contributed by atoms with E-state index < -0.39 is 17.6 Å². The van der Waals surface area contributed by atoms with E-state index in [4.69, 9.17) is 10.2 Å². The number of furan rings is 1. The Kier molecular flexibility index (Phi) is 7.79. The Morgan fingerprint density at radius 1 is 1.12 bits per heavy atom. The van der Waals surface area contributed by atoms with Crippen LogP contribution in [0.1, 0.15) is 41.1 Å². The molecule has 2 aromatic carbocycles. The maximum absolute atomic E-state index is 14.1. The molecular formula is C31H30F3N5O3. The molecule has 0 atom stereocenters. The fourth-order valence-corrected chi connectivity index (χ4v) is 4.91. The Morgan fingerprint density at radius 3 is 2.55 bits per heavy atom. The number of halogens is 3. The summed E-state index contributed by atoms with van der Waals surface area (Å²) in [6.07, 6.45) is -0.343. The maximum Gasteiger partial charge on any atom is 0.420 e. The number of nitrogens with zero attached hydrogens (tertiary/aromatic N) is 2. The molecule has 0 saturated carbocycles. The first-order valence-corrected chi connectivity index (χ1v) is 13.3. The Hall–Kier alpha value is -4.64. The number of alkyl halides is 3. The number of carbonyl (C=O) groups is 2. The van der Waals surface area contributed by atoms with Crippen LogP contribution in [0.4, 0.5) is 19.0 Å². The van der Waals surface area contributed by atoms with E-state index in [1.54, 1.807) is 42.5 Å². The van der Waals surface area contributed by atoms with Crippen LogP contribution in [-0.2, 0) is 17.5 Å². The number of hydrogen-bond acceptors (Lipinski definition) is 6. The summed E-state index contributed by atoms with van der Waals surface area (Å²) in [5.41, 5.74) is 5.93. The third kappa shape index (κ3) is 6.31. The van der Waals surface area contributed by atoms with Crippen LogP contribution in [0.5, 0.6) is 0 Å². The summed E-state index contributed by atoms with van der Waals surface area (Å²) < 4.78 is 47.7. The van der Waals surface area contributed by atoms with Crippen LogP contribution < -0.4 is 16.4 Å². The van der Waals surface area contributed by atoms with E-state index >= 15 is 0 Å². The minimum Gasteiger partial charge on any atom is -0.459 e. The van der Waals surface area contributed by atoms with Crippen LogP contribution in [0.15, 0.2) is 71.3 Å². The van der Waals surface area contributed by atoms with E-state index in [-0.39, 0.29) is 34.7 Å². The van der Waals surface area contributed by atoms with Crippen molar-refractivity contribution >= 4 is 34.7 Å². The SMILES string of the molecule is CC1(C)CNCCN1C(=O)c1ccc(-c2cc(C(F)(F)F)c3oc(CNC(=O)/C=C/c4ccc(N)nc4)cc3c2)cc1. The second-order valence-electron chi connectivity index (χ2n) is 10.7. The number of nitrogens with two attached hydrogens (primary N) is 1. The van der Waals surface area contributed by atoms with Gasteiger partial charge >= 0.3 is 6.18 Å². The first-order chi connectivity index (χ1) is 19.9. The van der Waals surface area contributed by atoms with Crippen LogP contribution in [0.3, 0.4) is 0 Å². The van der Waals surface area contributed by atoms with Crippen molar-refractivity contribution in [3.8, 4) is 11.1 Å². The van der Waals surface area contributed by atoms with Gasteiger partial charge in [0, 0.05) is 42.9 Å². The number of piperazine rings is 1. The highest BCUT2D eigenvalue weighted by atomic mass is 19.4. The highest BCUT2D eigenvalue weighted by Gasteiger charge is 2.36. The zero-order valence-electron chi connectivity index (χ0n) is 23.1. The van der Waals surface area contributed by atoms with Crippen LogP contribution >= 0.6 is 0 Å². The minimum absolute atomic E-state index is 0.107. The summed E-state index contributed by atoms with van der Waals surface area (Å²) >= 11 is 0. The van der Waals surface area contributed by atoms with Crippen molar-refractivity contribution in [2.75, 3.05) is 25.4 Å². The molecule has 2 aromatic heterocycles. The molecule has 5 rings (SSSR count). The number of rotatable bonds is 6. The van der Waals surface area contributed by atoms with E-state index in [1.165, 1.54) is 24.4 Å². The zero-order valence-corrected chi connectivity index (χ0v) is 23.1. The van der Waals surface area contributed by atoms with Gasteiger partial charge in [0.2, 0.25) is 5.91 Å². The minimum atomic E-state index is -4.67. The predicted molar refractivity (Wildman–Crippen MR) is 154 cm³/mol. The summed E-state index contributed by atoms with van der Waals surface area (Å²) in [6.45, 7) is 5.80. The van der Waals surface area contributed by atoms with Crippen LogP contribution in [0, 0.1) is 0 Å². The zero-order chi connectivity index (χ0) is 30.1. The number of pyridine rings is 1. The molecule has 11 heteroatoms. The molecule has 4 N–H and O–H groups in total. The smallest absolute Gasteiger partial charge is 0.420 e. The summed E-state index contributed by atoms with van der Waals surface area (Å²) in [5.74, 6) is -0.0584. The molecule has 1 saturated heterocycles. The van der Waals surface area contributed by atoms with Crippen molar-refractivity contribution in [2.24, 2.45) is 0 Å². The molecule has 8 nitrogen and oxygen atoms in total. The van der Waals surface area contributed by atoms with Crippen LogP contribution in [0.2, 0.25) is 0 Å². The molecule has 218 valence electrons. The lowest BCUT2D eigenvalue weighted by Gasteiger charge is -2.42. The number of hydrogen-bond donors (Lipinski definition) is 3. The van der Waals surface area contributed by atoms with Gasteiger partial charge in [0.15, 0.2) is 0 Å². The third-order valence-corrected chi connectivity index (χ3v) is 7.16. The normalized spacial score (nSPS) is 15.3. The fourth-order valence-electron chi connectivity index (χ4n) is 4.91. The van der Waals surface area contributed by atoms with Crippen LogP contribution in [-0.4, -0.2) is 46.9 Å². The van der Waals surface area contributed by atoms with E-state index in [2.05, 4.69) is 15.6 Å². The Balaban J connectivity index is 1.36. The van der Waals surface area contributed by atoms with Crippen molar-refractivity contribution in [1.29, 1.82) is 0 Å². The number of aromatic nitrogens is 1. The van der Waals surface area contributed by atoms with Gasteiger partial charge < -0.3 is 25.7 Å². The van der Waals surface area contributed by atoms with Gasteiger partial charge in [-0.2, -0.15) is 13.2 Å². The van der Waals surface area contributed by atoms with Crippen molar-refractivity contribution in [1.82, 2.24) is 20.5 Å². The molecular weight excluding hydrogens is 547 g/mol. The van der Waals surface area contributed by atoms with E-state index in [0.717, 1.165) is 6.07 Å². The van der Waals surface area contributed by atoms with Gasteiger partial charge in [0.1, 0.15) is 17.2 Å². The number of nitrogen functional groups attached to an aromatic ring is 1. The predicted octanol–water partition coefficient (Wildman–Crippen LogP) is 5.25. The summed E-state index contributed by atoms with van der Waals surface area (Å²) in [6, 6.07) is 14.0. The molecule has 1 fully saturated rings. The summed E-state index contributed by atoms with van der Waals surface area (Å²) in [7, 11) is 0. The Labute approximate surface area is 240 Å². The average Bonchev–Trinajstić information content (AvgIpc) is 3.37. The maximum atomic E-state index is 14.1. The molecule has 3 heterocycles. The summed E-state index contributed by atoms with van der Waals surface area (Å²) in [4.78, 5) is 31.2. The molecule has 2 amide bonds. The molecule has 0 spiro atoms. The average molecular weight is 578 g/mol. The van der Waals surface area contributed by atoms with Crippen LogP contribution in [0.25, 0.3) is 28.2 Å². The van der Waals surface area contributed by atoms with Crippen molar-refractivity contribution in [3.63, 3.8) is 0 Å². The number of anilines is 1. The number of amides is 2. The largest absolute Gasteiger partial charge is 0.459 e. The standard InChI is InChI=1S/C31H30F3N5O3/c1-30(2)18-36-11-12-39(30)29(41)21-7-5-20(6-8-21)22-13-23-14-24(42-28(23)25(15-22)31(32,33)34)17-38-27(40)10-4-19-3-9-26(35)37-16-19/h3-10,13-16,36H,11-12,17-18H2,1-2H3,(H2,35,37)(H,38,40)/b10-4+. The quantitative estimate of drug-likeness (QED) is 0.270. The first kappa shape index (κ1) is 28.9. The Bertz CT molecular complexity index is 1640. The lowest BCUT2D eigenvalue weighted by Crippen LogP contribution is -2.59. The molecule has 1 aliphatic heterocycles. The molecule has 4 aromatic rings. The topological polar surface area (TPSA) is 113 Å². The van der Waals surface area contributed by atoms with Gasteiger partial charge in [0.05, 0.1) is 17.6 Å². The number of nitrogens with one attached hydrogen (secondary N) is 2. The first-order valence-electron chi connectivity index (χ1n) is 13.3. The van der Waals surface area contributed by atoms with E-state index in [0.29, 0.717) is 47.7 Å². The van der Waals surface area contributed by atoms with E-state index in [9.17, 15) is 22.8 Å². The van der Waals surface area contributed by atoms with Crippen molar-refractivity contribution in [2.45, 2.75) is 32.1 Å². The molecule has 0 bridgehead atoms. The molecule has 0 unspecified atom stereocenters. The second-order valence-corrected chi connectivity index (χ2v) is 10.7. The number of carbonyl (C=O) groups excluding carboxylic acids is 2. The fraction of sp³-hybridized carbons (Fsp3) is 0.258. The molecule has 0 radical (unpaired) electrons. The second kappa shape index (κ2) is 11.3. The highest BCUT2D eigenvalue weighted by molar-refractivity contribution is 5.96. The summed E-state index contributed by atoms with van der Waals surface area (Å²) in [5, 5.41) is 6.14. The third-order valence-electron chi connectivity index (χ3n) is 7.16. The van der Waals surface area contributed by atoms with Gasteiger partial charge in [-0.05, 0) is 79.1 Å². The Morgan fingerprint density at radius 2 is 1.88 bits per heavy atom. The van der Waals surface area contributed by atoms with Crippen molar-refractivity contribution in [3.05, 3.63) is 89.3 Å². The van der Waals surface area contributed by atoms with Crippen molar-refractivity contribution < 1.29 is 27.2 Å². The molecule has 0 aliphatic carbocycles. The van der Waals surface area contributed by atoms with Gasteiger partial charge in [-0.25, -0.2) is 4.98 Å². The number of fused-ring (bicyclic) bond motifs is 1. The van der Waals surface area contributed by atoms with Gasteiger partial charge in [-0.15, -0.1) is 0 Å². The number of benzene rings is 2. The molecule has 42 heavy (non-hydrogen) atoms. The van der Waals surface area contributed by atoms with Gasteiger partial charge in [-0.3, -0.25) is 9.59 Å². The van der Waals surface area contributed by atoms with Gasteiger partial charge in [0.25, 0.3) is 5.91 Å². The van der Waals surface area contributed by atoms with Gasteiger partial charge in [-0.1, -0.05) is 12.1 Å².